The number of carbonyl (C=O) groups excluding carboxylic acids is 1. The van der Waals surface area contributed by atoms with Gasteiger partial charge in [-0.15, -0.1) is 0 Å². The first kappa shape index (κ1) is 21.3. The summed E-state index contributed by atoms with van der Waals surface area (Å²) in [5, 5.41) is 0. The number of Topliss-reactive ketones (excluding diaryl/α,β-unsaturated/α-hetero) is 1. The Hall–Kier alpha value is -0.916. The summed E-state index contributed by atoms with van der Waals surface area (Å²) in [4.78, 5) is 13.0. The van der Waals surface area contributed by atoms with Crippen molar-refractivity contribution in [2.75, 3.05) is 0 Å². The monoisotopic (exact) mass is 430 g/mol. The first-order valence-electron chi connectivity index (χ1n) is 11.4. The Morgan fingerprint density at radius 1 is 1.03 bits per heavy atom. The van der Waals surface area contributed by atoms with Crippen LogP contribution >= 0.6 is 0 Å². The first-order valence-corrected chi connectivity index (χ1v) is 18.2. The zero-order chi connectivity index (χ0) is 21.2. The van der Waals surface area contributed by atoms with E-state index in [9.17, 15) is 4.79 Å². The standard InChI is InChI=1S/C24H38O3Si2/c1-24-13-12-19-18-11-9-17(26-28(2,3)4)14-16(18)8-10-20(19)21(24)15-22(25)23(24)27-29(5,6)7/h9,11,14,19-21,23H,8,10,12-13,15H2,1-7H3/t19-,20-,21+,23+,24+/m1/s1. The predicted octanol–water partition coefficient (Wildman–Crippen LogP) is 6.16. The number of rotatable bonds is 4. The Bertz CT molecular complexity index is 807. The molecule has 2 fully saturated rings. The molecule has 0 spiro atoms. The number of benzene rings is 1. The lowest BCUT2D eigenvalue weighted by molar-refractivity contribution is -0.126. The number of ketones is 1. The minimum absolute atomic E-state index is 0.0247. The summed E-state index contributed by atoms with van der Waals surface area (Å²) in [7, 11) is -3.33. The normalized spacial score (nSPS) is 34.4. The topological polar surface area (TPSA) is 35.5 Å². The van der Waals surface area contributed by atoms with Crippen LogP contribution in [0.3, 0.4) is 0 Å². The maximum atomic E-state index is 13.0. The average molecular weight is 431 g/mol. The second kappa shape index (κ2) is 7.06. The summed E-state index contributed by atoms with van der Waals surface area (Å²) >= 11 is 0. The van der Waals surface area contributed by atoms with Crippen LogP contribution in [0.5, 0.6) is 5.75 Å². The van der Waals surface area contributed by atoms with E-state index < -0.39 is 16.6 Å². The van der Waals surface area contributed by atoms with Crippen molar-refractivity contribution in [3.63, 3.8) is 0 Å². The molecule has 0 amide bonds. The van der Waals surface area contributed by atoms with Gasteiger partial charge in [0.15, 0.2) is 14.1 Å². The molecule has 0 unspecified atom stereocenters. The third-order valence-corrected chi connectivity index (χ3v) is 9.13. The fourth-order valence-corrected chi connectivity index (χ4v) is 8.22. The molecule has 0 aromatic heterocycles. The molecule has 3 aliphatic carbocycles. The lowest BCUT2D eigenvalue weighted by Crippen LogP contribution is -2.48. The van der Waals surface area contributed by atoms with Crippen LogP contribution in [0.4, 0.5) is 0 Å². The third kappa shape index (κ3) is 4.02. The van der Waals surface area contributed by atoms with Gasteiger partial charge in [0.1, 0.15) is 11.9 Å². The van der Waals surface area contributed by atoms with E-state index in [-0.39, 0.29) is 11.5 Å². The SMILES string of the molecule is C[C@]12CC[C@@H]3c4ccc(O[Si](C)(C)C)cc4CC[C@H]3[C@@H]1CC(=O)[C@@H]2O[Si](C)(C)C. The molecule has 1 aromatic rings. The fraction of sp³-hybridized carbons (Fsp3) is 0.708. The van der Waals surface area contributed by atoms with Crippen molar-refractivity contribution in [2.45, 2.75) is 90.3 Å². The van der Waals surface area contributed by atoms with Gasteiger partial charge in [-0.3, -0.25) is 4.79 Å². The predicted molar refractivity (Wildman–Crippen MR) is 124 cm³/mol. The summed E-state index contributed by atoms with van der Waals surface area (Å²) in [5.74, 6) is 3.09. The lowest BCUT2D eigenvalue weighted by Gasteiger charge is -2.50. The van der Waals surface area contributed by atoms with Gasteiger partial charge >= 0.3 is 0 Å². The van der Waals surface area contributed by atoms with Crippen LogP contribution in [0.25, 0.3) is 0 Å². The molecule has 0 bridgehead atoms. The van der Waals surface area contributed by atoms with Gasteiger partial charge in [-0.25, -0.2) is 0 Å². The molecule has 1 aromatic carbocycles. The molecular formula is C24H38O3Si2. The quantitative estimate of drug-likeness (QED) is 0.537. The van der Waals surface area contributed by atoms with Gasteiger partial charge in [-0.05, 0) is 106 Å². The maximum Gasteiger partial charge on any atom is 0.242 e. The molecule has 5 heteroatoms. The molecule has 3 aliphatic rings. The molecule has 0 heterocycles. The molecule has 160 valence electrons. The number of aryl methyl sites for hydroxylation is 1. The second-order valence-electron chi connectivity index (χ2n) is 11.8. The summed E-state index contributed by atoms with van der Waals surface area (Å²) < 4.78 is 12.7. The summed E-state index contributed by atoms with van der Waals surface area (Å²) in [6.45, 7) is 15.7. The number of hydrogen-bond acceptors (Lipinski definition) is 3. The van der Waals surface area contributed by atoms with Gasteiger partial charge in [-0.1, -0.05) is 13.0 Å². The largest absolute Gasteiger partial charge is 0.544 e. The van der Waals surface area contributed by atoms with E-state index in [1.807, 2.05) is 0 Å². The van der Waals surface area contributed by atoms with Crippen molar-refractivity contribution < 1.29 is 13.6 Å². The van der Waals surface area contributed by atoms with E-state index in [4.69, 9.17) is 8.85 Å². The molecule has 0 N–H and O–H groups in total. The zero-order valence-corrected chi connectivity index (χ0v) is 21.3. The van der Waals surface area contributed by atoms with Crippen LogP contribution < -0.4 is 4.43 Å². The van der Waals surface area contributed by atoms with Crippen molar-refractivity contribution in [2.24, 2.45) is 17.3 Å². The van der Waals surface area contributed by atoms with Gasteiger partial charge < -0.3 is 8.85 Å². The molecule has 4 rings (SSSR count). The van der Waals surface area contributed by atoms with Crippen molar-refractivity contribution in [3.05, 3.63) is 29.3 Å². The highest BCUT2D eigenvalue weighted by Crippen LogP contribution is 2.61. The highest BCUT2D eigenvalue weighted by molar-refractivity contribution is 6.70. The van der Waals surface area contributed by atoms with Crippen molar-refractivity contribution in [1.29, 1.82) is 0 Å². The fourth-order valence-electron chi connectivity index (χ4n) is 6.28. The smallest absolute Gasteiger partial charge is 0.242 e. The lowest BCUT2D eigenvalue weighted by atomic mass is 9.55. The molecule has 3 nitrogen and oxygen atoms in total. The Labute approximate surface area is 178 Å². The minimum atomic E-state index is -1.75. The van der Waals surface area contributed by atoms with Gasteiger partial charge in [0.25, 0.3) is 0 Å². The van der Waals surface area contributed by atoms with Gasteiger partial charge in [0.2, 0.25) is 8.32 Å². The van der Waals surface area contributed by atoms with Crippen LogP contribution in [-0.4, -0.2) is 28.5 Å². The van der Waals surface area contributed by atoms with E-state index in [0.29, 0.717) is 23.5 Å². The Balaban J connectivity index is 1.59. The second-order valence-corrected chi connectivity index (χ2v) is 20.7. The van der Waals surface area contributed by atoms with Crippen LogP contribution in [-0.2, 0) is 15.6 Å². The minimum Gasteiger partial charge on any atom is -0.544 e. The molecule has 2 saturated carbocycles. The highest BCUT2D eigenvalue weighted by Gasteiger charge is 2.59. The summed E-state index contributed by atoms with van der Waals surface area (Å²) in [6.07, 6.45) is 5.14. The molecule has 5 atom stereocenters. The maximum absolute atomic E-state index is 13.0. The van der Waals surface area contributed by atoms with Crippen molar-refractivity contribution in [1.82, 2.24) is 0 Å². The van der Waals surface area contributed by atoms with Crippen LogP contribution in [0.2, 0.25) is 39.3 Å². The van der Waals surface area contributed by atoms with Gasteiger partial charge in [0, 0.05) is 11.8 Å². The van der Waals surface area contributed by atoms with E-state index in [2.05, 4.69) is 64.4 Å². The van der Waals surface area contributed by atoms with E-state index >= 15 is 0 Å². The van der Waals surface area contributed by atoms with Crippen LogP contribution in [0.1, 0.15) is 49.7 Å². The van der Waals surface area contributed by atoms with Gasteiger partial charge in [-0.2, -0.15) is 0 Å². The molecule has 0 saturated heterocycles. The summed E-state index contributed by atoms with van der Waals surface area (Å²) in [6, 6.07) is 6.82. The zero-order valence-electron chi connectivity index (χ0n) is 19.3. The Morgan fingerprint density at radius 2 is 1.76 bits per heavy atom. The van der Waals surface area contributed by atoms with E-state index in [0.717, 1.165) is 25.0 Å². The van der Waals surface area contributed by atoms with E-state index in [1.165, 1.54) is 24.0 Å². The number of fused-ring (bicyclic) bond motifs is 5. The first-order chi connectivity index (χ1) is 13.4. The molecule has 0 aliphatic heterocycles. The molecular weight excluding hydrogens is 392 g/mol. The van der Waals surface area contributed by atoms with Crippen molar-refractivity contribution >= 4 is 22.4 Å². The number of hydrogen-bond donors (Lipinski definition) is 0. The van der Waals surface area contributed by atoms with Crippen LogP contribution in [0, 0.1) is 17.3 Å². The Morgan fingerprint density at radius 3 is 2.41 bits per heavy atom. The van der Waals surface area contributed by atoms with E-state index in [1.54, 1.807) is 0 Å². The van der Waals surface area contributed by atoms with Gasteiger partial charge in [0.05, 0.1) is 0 Å². The Kier molecular flexibility index (Phi) is 5.19. The van der Waals surface area contributed by atoms with Crippen molar-refractivity contribution in [3.8, 4) is 5.75 Å². The average Bonchev–Trinajstić information content (AvgIpc) is 2.83. The van der Waals surface area contributed by atoms with Crippen LogP contribution in [0.15, 0.2) is 18.2 Å². The highest BCUT2D eigenvalue weighted by atomic mass is 28.4. The summed E-state index contributed by atoms with van der Waals surface area (Å²) in [5.41, 5.74) is 3.02. The number of carbonyl (C=O) groups is 1. The molecule has 0 radical (unpaired) electrons. The molecule has 29 heavy (non-hydrogen) atoms. The third-order valence-electron chi connectivity index (χ3n) is 7.34.